The maximum absolute atomic E-state index is 11.5. The molecule has 0 aliphatic carbocycles. The van der Waals surface area contributed by atoms with Gasteiger partial charge in [0.2, 0.25) is 5.91 Å². The average molecular weight is 261 g/mol. The van der Waals surface area contributed by atoms with Gasteiger partial charge >= 0.3 is 0 Å². The Balaban J connectivity index is 2.28. The molecule has 0 aromatic heterocycles. The molecule has 2 rings (SSSR count). The Morgan fingerprint density at radius 1 is 1.37 bits per heavy atom. The Hall–Kier alpha value is -2.04. The van der Waals surface area contributed by atoms with E-state index in [0.717, 1.165) is 18.7 Å². The summed E-state index contributed by atoms with van der Waals surface area (Å²) < 4.78 is 0. The average Bonchev–Trinajstić information content (AvgIpc) is 2.73. The third-order valence-electron chi connectivity index (χ3n) is 3.85. The van der Waals surface area contributed by atoms with Gasteiger partial charge in [0.25, 0.3) is 0 Å². The summed E-state index contributed by atoms with van der Waals surface area (Å²) in [6, 6.07) is 5.38. The van der Waals surface area contributed by atoms with Crippen molar-refractivity contribution in [3.8, 4) is 0 Å². The van der Waals surface area contributed by atoms with Gasteiger partial charge in [0, 0.05) is 30.0 Å². The van der Waals surface area contributed by atoms with Gasteiger partial charge in [0.1, 0.15) is 0 Å². The van der Waals surface area contributed by atoms with E-state index >= 15 is 0 Å². The van der Waals surface area contributed by atoms with Gasteiger partial charge in [0.15, 0.2) is 5.78 Å². The molecular formula is C14H19N3O2. The summed E-state index contributed by atoms with van der Waals surface area (Å²) in [5.74, 6) is -0.339. The van der Waals surface area contributed by atoms with Crippen molar-refractivity contribution in [3.63, 3.8) is 0 Å². The number of carbonyl (C=O) groups excluding carboxylic acids is 2. The van der Waals surface area contributed by atoms with Gasteiger partial charge in [-0.2, -0.15) is 0 Å². The molecule has 1 unspecified atom stereocenters. The van der Waals surface area contributed by atoms with Crippen molar-refractivity contribution in [1.82, 2.24) is 0 Å². The van der Waals surface area contributed by atoms with Crippen LogP contribution in [0.4, 0.5) is 11.4 Å². The molecule has 102 valence electrons. The van der Waals surface area contributed by atoms with Crippen molar-refractivity contribution in [3.05, 3.63) is 23.8 Å². The van der Waals surface area contributed by atoms with E-state index in [1.54, 1.807) is 12.1 Å². The molecule has 1 atom stereocenters. The van der Waals surface area contributed by atoms with Crippen LogP contribution in [-0.4, -0.2) is 24.8 Å². The van der Waals surface area contributed by atoms with E-state index in [0.29, 0.717) is 17.8 Å². The van der Waals surface area contributed by atoms with E-state index in [4.69, 9.17) is 11.5 Å². The topological polar surface area (TPSA) is 89.4 Å². The fraction of sp³-hybridized carbons (Fsp3) is 0.429. The quantitative estimate of drug-likeness (QED) is 0.631. The lowest BCUT2D eigenvalue weighted by Crippen LogP contribution is -2.37. The number of rotatable bonds is 3. The fourth-order valence-corrected chi connectivity index (χ4v) is 2.43. The predicted octanol–water partition coefficient (Wildman–Crippen LogP) is 1.17. The van der Waals surface area contributed by atoms with Gasteiger partial charge < -0.3 is 16.4 Å². The van der Waals surface area contributed by atoms with Gasteiger partial charge in [-0.25, -0.2) is 0 Å². The third-order valence-corrected chi connectivity index (χ3v) is 3.85. The van der Waals surface area contributed by atoms with Crippen LogP contribution in [0.2, 0.25) is 0 Å². The first-order valence-corrected chi connectivity index (χ1v) is 6.29. The molecule has 19 heavy (non-hydrogen) atoms. The summed E-state index contributed by atoms with van der Waals surface area (Å²) >= 11 is 0. The van der Waals surface area contributed by atoms with Crippen LogP contribution in [0.5, 0.6) is 0 Å². The molecular weight excluding hydrogens is 242 g/mol. The minimum absolute atomic E-state index is 0.0591. The molecule has 0 spiro atoms. The van der Waals surface area contributed by atoms with E-state index in [-0.39, 0.29) is 11.7 Å². The predicted molar refractivity (Wildman–Crippen MR) is 75.0 cm³/mol. The van der Waals surface area contributed by atoms with Crippen LogP contribution in [0, 0.1) is 5.41 Å². The highest BCUT2D eigenvalue weighted by atomic mass is 16.1. The molecule has 1 heterocycles. The molecule has 1 aliphatic heterocycles. The molecule has 1 aliphatic rings. The van der Waals surface area contributed by atoms with Crippen molar-refractivity contribution >= 4 is 23.1 Å². The zero-order chi connectivity index (χ0) is 14.2. The van der Waals surface area contributed by atoms with Crippen LogP contribution < -0.4 is 16.4 Å². The largest absolute Gasteiger partial charge is 0.398 e. The van der Waals surface area contributed by atoms with Crippen molar-refractivity contribution in [2.24, 2.45) is 11.1 Å². The summed E-state index contributed by atoms with van der Waals surface area (Å²) in [6.07, 6.45) is 0.724. The number of ketones is 1. The first-order chi connectivity index (χ1) is 8.83. The van der Waals surface area contributed by atoms with Crippen LogP contribution in [0.3, 0.4) is 0 Å². The van der Waals surface area contributed by atoms with E-state index in [1.165, 1.54) is 6.92 Å². The minimum Gasteiger partial charge on any atom is -0.398 e. The zero-order valence-electron chi connectivity index (χ0n) is 11.3. The Morgan fingerprint density at radius 3 is 2.58 bits per heavy atom. The second-order valence-corrected chi connectivity index (χ2v) is 5.42. The van der Waals surface area contributed by atoms with E-state index in [9.17, 15) is 9.59 Å². The van der Waals surface area contributed by atoms with Gasteiger partial charge in [-0.15, -0.1) is 0 Å². The number of Topliss-reactive ketones (excluding diaryl/α,β-unsaturated/α-hetero) is 1. The third kappa shape index (κ3) is 2.41. The molecule has 0 saturated carbocycles. The SMILES string of the molecule is CC(=O)c1cc(N2CCC(C)(C(N)=O)C2)ccc1N. The van der Waals surface area contributed by atoms with Crippen molar-refractivity contribution in [1.29, 1.82) is 0 Å². The van der Waals surface area contributed by atoms with Crippen molar-refractivity contribution in [2.45, 2.75) is 20.3 Å². The van der Waals surface area contributed by atoms with Crippen molar-refractivity contribution in [2.75, 3.05) is 23.7 Å². The Bertz CT molecular complexity index is 541. The fourth-order valence-electron chi connectivity index (χ4n) is 2.43. The van der Waals surface area contributed by atoms with Gasteiger partial charge in [-0.05, 0) is 38.5 Å². The number of carbonyl (C=O) groups is 2. The summed E-state index contributed by atoms with van der Waals surface area (Å²) in [4.78, 5) is 25.0. The second-order valence-electron chi connectivity index (χ2n) is 5.42. The highest BCUT2D eigenvalue weighted by molar-refractivity contribution is 6.00. The molecule has 5 heteroatoms. The monoisotopic (exact) mass is 261 g/mol. The van der Waals surface area contributed by atoms with Crippen molar-refractivity contribution < 1.29 is 9.59 Å². The highest BCUT2D eigenvalue weighted by Crippen LogP contribution is 2.33. The van der Waals surface area contributed by atoms with Gasteiger partial charge in [-0.1, -0.05) is 0 Å². The summed E-state index contributed by atoms with van der Waals surface area (Å²) in [6.45, 7) is 4.69. The summed E-state index contributed by atoms with van der Waals surface area (Å²) in [5, 5.41) is 0. The standard InChI is InChI=1S/C14H19N3O2/c1-9(18)11-7-10(3-4-12(11)15)17-6-5-14(2,8-17)13(16)19/h3-4,7H,5-6,8,15H2,1-2H3,(H2,16,19). The lowest BCUT2D eigenvalue weighted by molar-refractivity contribution is -0.125. The lowest BCUT2D eigenvalue weighted by atomic mass is 9.89. The maximum atomic E-state index is 11.5. The summed E-state index contributed by atoms with van der Waals surface area (Å²) in [7, 11) is 0. The Kier molecular flexibility index (Phi) is 3.22. The van der Waals surface area contributed by atoms with Crippen LogP contribution in [0.15, 0.2) is 18.2 Å². The molecule has 1 saturated heterocycles. The number of hydrogen-bond donors (Lipinski definition) is 2. The highest BCUT2D eigenvalue weighted by Gasteiger charge is 2.39. The number of nitrogens with zero attached hydrogens (tertiary/aromatic N) is 1. The van der Waals surface area contributed by atoms with Crippen LogP contribution >= 0.6 is 0 Å². The number of nitrogen functional groups attached to an aromatic ring is 1. The number of primary amides is 1. The van der Waals surface area contributed by atoms with E-state index in [1.807, 2.05) is 13.0 Å². The number of amides is 1. The number of anilines is 2. The first kappa shape index (κ1) is 13.4. The number of benzene rings is 1. The van der Waals surface area contributed by atoms with Gasteiger partial charge in [0.05, 0.1) is 5.41 Å². The normalized spacial score (nSPS) is 22.5. The van der Waals surface area contributed by atoms with Gasteiger partial charge in [-0.3, -0.25) is 9.59 Å². The Morgan fingerprint density at radius 2 is 2.05 bits per heavy atom. The molecule has 1 aromatic carbocycles. The summed E-state index contributed by atoms with van der Waals surface area (Å²) in [5.41, 5.74) is 12.6. The first-order valence-electron chi connectivity index (χ1n) is 6.29. The van der Waals surface area contributed by atoms with E-state index in [2.05, 4.69) is 4.90 Å². The smallest absolute Gasteiger partial charge is 0.225 e. The maximum Gasteiger partial charge on any atom is 0.225 e. The number of hydrogen-bond acceptors (Lipinski definition) is 4. The number of nitrogens with two attached hydrogens (primary N) is 2. The molecule has 0 bridgehead atoms. The Labute approximate surface area is 112 Å². The molecule has 5 nitrogen and oxygen atoms in total. The minimum atomic E-state index is -0.502. The van der Waals surface area contributed by atoms with Crippen LogP contribution in [0.25, 0.3) is 0 Å². The molecule has 0 radical (unpaired) electrons. The molecule has 1 amide bonds. The molecule has 4 N–H and O–H groups in total. The lowest BCUT2D eigenvalue weighted by Gasteiger charge is -2.23. The second kappa shape index (κ2) is 4.57. The molecule has 1 fully saturated rings. The van der Waals surface area contributed by atoms with Crippen LogP contribution in [0.1, 0.15) is 30.6 Å². The molecule has 1 aromatic rings. The zero-order valence-corrected chi connectivity index (χ0v) is 11.3. The van der Waals surface area contributed by atoms with Crippen LogP contribution in [-0.2, 0) is 4.79 Å². The van der Waals surface area contributed by atoms with E-state index < -0.39 is 5.41 Å².